The van der Waals surface area contributed by atoms with E-state index in [1.54, 1.807) is 17.4 Å². The maximum atomic E-state index is 5.67. The van der Waals surface area contributed by atoms with Crippen molar-refractivity contribution in [1.29, 1.82) is 0 Å². The van der Waals surface area contributed by atoms with Crippen molar-refractivity contribution in [3.05, 3.63) is 17.7 Å². The summed E-state index contributed by atoms with van der Waals surface area (Å²) in [5.41, 5.74) is 0.0778. The standard InChI is InChI=1S/C13H21N3OS/c1-5-8-17-10-6-7-16(9-10)12-15-14-11(18-12)13(2,3)4/h5,10H,1,6-9H2,2-4H3. The van der Waals surface area contributed by atoms with E-state index in [2.05, 4.69) is 42.4 Å². The van der Waals surface area contributed by atoms with Gasteiger partial charge in [-0.3, -0.25) is 0 Å². The summed E-state index contributed by atoms with van der Waals surface area (Å²) in [6, 6.07) is 0. The lowest BCUT2D eigenvalue weighted by Crippen LogP contribution is -2.22. The molecule has 1 aromatic heterocycles. The number of ether oxygens (including phenoxy) is 1. The summed E-state index contributed by atoms with van der Waals surface area (Å²) in [7, 11) is 0. The fourth-order valence-corrected chi connectivity index (χ4v) is 2.83. The van der Waals surface area contributed by atoms with Gasteiger partial charge < -0.3 is 9.64 Å². The second-order valence-corrected chi connectivity index (χ2v) is 6.57. The highest BCUT2D eigenvalue weighted by atomic mass is 32.1. The van der Waals surface area contributed by atoms with Gasteiger partial charge in [-0.25, -0.2) is 0 Å². The first-order chi connectivity index (χ1) is 8.50. The number of hydrogen-bond donors (Lipinski definition) is 0. The van der Waals surface area contributed by atoms with Crippen molar-refractivity contribution < 1.29 is 4.74 Å². The van der Waals surface area contributed by atoms with E-state index in [0.29, 0.717) is 12.7 Å². The Morgan fingerprint density at radius 1 is 1.50 bits per heavy atom. The quantitative estimate of drug-likeness (QED) is 0.786. The van der Waals surface area contributed by atoms with Crippen LogP contribution in [0.3, 0.4) is 0 Å². The largest absolute Gasteiger partial charge is 0.372 e. The van der Waals surface area contributed by atoms with E-state index < -0.39 is 0 Å². The van der Waals surface area contributed by atoms with Crippen LogP contribution in [0, 0.1) is 0 Å². The monoisotopic (exact) mass is 267 g/mol. The van der Waals surface area contributed by atoms with Gasteiger partial charge in [0.15, 0.2) is 0 Å². The minimum atomic E-state index is 0.0778. The molecule has 4 nitrogen and oxygen atoms in total. The molecular formula is C13H21N3OS. The van der Waals surface area contributed by atoms with Gasteiger partial charge in [0.2, 0.25) is 5.13 Å². The number of anilines is 1. The SMILES string of the molecule is C=CCOC1CCN(c2nnc(C(C)(C)C)s2)C1. The Morgan fingerprint density at radius 3 is 2.89 bits per heavy atom. The van der Waals surface area contributed by atoms with Crippen LogP contribution in [0.25, 0.3) is 0 Å². The summed E-state index contributed by atoms with van der Waals surface area (Å²) in [4.78, 5) is 2.26. The molecule has 2 rings (SSSR count). The van der Waals surface area contributed by atoms with E-state index in [4.69, 9.17) is 4.74 Å². The van der Waals surface area contributed by atoms with Crippen LogP contribution in [0.4, 0.5) is 5.13 Å². The number of nitrogens with zero attached hydrogens (tertiary/aromatic N) is 3. The topological polar surface area (TPSA) is 38.2 Å². The van der Waals surface area contributed by atoms with E-state index in [0.717, 1.165) is 29.6 Å². The van der Waals surface area contributed by atoms with Gasteiger partial charge in [0.1, 0.15) is 5.01 Å². The first-order valence-electron chi connectivity index (χ1n) is 6.32. The second kappa shape index (κ2) is 5.36. The molecule has 0 spiro atoms. The van der Waals surface area contributed by atoms with Gasteiger partial charge in [-0.1, -0.05) is 38.2 Å². The number of hydrogen-bond acceptors (Lipinski definition) is 5. The summed E-state index contributed by atoms with van der Waals surface area (Å²) < 4.78 is 5.67. The van der Waals surface area contributed by atoms with E-state index in [9.17, 15) is 0 Å². The van der Waals surface area contributed by atoms with Crippen molar-refractivity contribution in [3.8, 4) is 0 Å². The molecule has 0 radical (unpaired) electrons. The molecule has 0 aromatic carbocycles. The summed E-state index contributed by atoms with van der Waals surface area (Å²) >= 11 is 1.69. The molecule has 100 valence electrons. The van der Waals surface area contributed by atoms with Gasteiger partial charge in [0.05, 0.1) is 12.7 Å². The minimum Gasteiger partial charge on any atom is -0.372 e. The van der Waals surface area contributed by atoms with Crippen LogP contribution in [-0.2, 0) is 10.2 Å². The minimum absolute atomic E-state index is 0.0778. The van der Waals surface area contributed by atoms with Gasteiger partial charge in [0, 0.05) is 18.5 Å². The molecule has 0 N–H and O–H groups in total. The van der Waals surface area contributed by atoms with Crippen molar-refractivity contribution in [2.75, 3.05) is 24.6 Å². The number of aromatic nitrogens is 2. The normalized spacial score (nSPS) is 20.4. The highest BCUT2D eigenvalue weighted by Crippen LogP contribution is 2.31. The molecular weight excluding hydrogens is 246 g/mol. The molecule has 1 unspecified atom stereocenters. The zero-order valence-electron chi connectivity index (χ0n) is 11.3. The Labute approximate surface area is 113 Å². The molecule has 0 aliphatic carbocycles. The molecule has 0 amide bonds. The van der Waals surface area contributed by atoms with Crippen LogP contribution in [0.2, 0.25) is 0 Å². The number of rotatable bonds is 4. The predicted octanol–water partition coefficient (Wildman–Crippen LogP) is 2.62. The fraction of sp³-hybridized carbons (Fsp3) is 0.692. The van der Waals surface area contributed by atoms with Gasteiger partial charge in [-0.15, -0.1) is 16.8 Å². The summed E-state index contributed by atoms with van der Waals surface area (Å²) in [6.45, 7) is 12.7. The molecule has 1 aliphatic rings. The van der Waals surface area contributed by atoms with E-state index >= 15 is 0 Å². The van der Waals surface area contributed by atoms with Gasteiger partial charge in [-0.05, 0) is 6.42 Å². The highest BCUT2D eigenvalue weighted by molar-refractivity contribution is 7.15. The second-order valence-electron chi connectivity index (χ2n) is 5.62. The lowest BCUT2D eigenvalue weighted by atomic mass is 9.98. The molecule has 0 bridgehead atoms. The molecule has 5 heteroatoms. The highest BCUT2D eigenvalue weighted by Gasteiger charge is 2.27. The van der Waals surface area contributed by atoms with Crippen molar-refractivity contribution >= 4 is 16.5 Å². The van der Waals surface area contributed by atoms with Gasteiger partial charge in [-0.2, -0.15) is 0 Å². The summed E-state index contributed by atoms with van der Waals surface area (Å²) in [5, 5.41) is 10.7. The lowest BCUT2D eigenvalue weighted by molar-refractivity contribution is 0.0909. The van der Waals surface area contributed by atoms with Gasteiger partial charge >= 0.3 is 0 Å². The zero-order valence-corrected chi connectivity index (χ0v) is 12.2. The van der Waals surface area contributed by atoms with Crippen molar-refractivity contribution in [3.63, 3.8) is 0 Å². The molecule has 18 heavy (non-hydrogen) atoms. The third-order valence-electron chi connectivity index (χ3n) is 2.92. The van der Waals surface area contributed by atoms with E-state index in [1.807, 2.05) is 0 Å². The van der Waals surface area contributed by atoms with Crippen LogP contribution < -0.4 is 4.90 Å². The van der Waals surface area contributed by atoms with Crippen molar-refractivity contribution in [2.45, 2.75) is 38.7 Å². The summed E-state index contributed by atoms with van der Waals surface area (Å²) in [5.74, 6) is 0. The molecule has 2 heterocycles. The Balaban J connectivity index is 1.97. The van der Waals surface area contributed by atoms with E-state index in [1.165, 1.54) is 0 Å². The predicted molar refractivity (Wildman–Crippen MR) is 75.4 cm³/mol. The Morgan fingerprint density at radius 2 is 2.28 bits per heavy atom. The van der Waals surface area contributed by atoms with Crippen LogP contribution in [0.5, 0.6) is 0 Å². The molecule has 0 saturated carbocycles. The van der Waals surface area contributed by atoms with Crippen LogP contribution in [0.15, 0.2) is 12.7 Å². The Hall–Kier alpha value is -0.940. The fourth-order valence-electron chi connectivity index (χ4n) is 1.89. The van der Waals surface area contributed by atoms with Gasteiger partial charge in [0.25, 0.3) is 0 Å². The third-order valence-corrected chi connectivity index (χ3v) is 4.33. The maximum Gasteiger partial charge on any atom is 0.208 e. The first-order valence-corrected chi connectivity index (χ1v) is 7.14. The van der Waals surface area contributed by atoms with E-state index in [-0.39, 0.29) is 5.41 Å². The molecule has 1 saturated heterocycles. The average Bonchev–Trinajstić information content (AvgIpc) is 2.93. The van der Waals surface area contributed by atoms with Crippen LogP contribution in [-0.4, -0.2) is 36.0 Å². The average molecular weight is 267 g/mol. The third kappa shape index (κ3) is 3.09. The smallest absolute Gasteiger partial charge is 0.208 e. The first kappa shape index (κ1) is 13.5. The molecule has 1 aliphatic heterocycles. The van der Waals surface area contributed by atoms with Crippen molar-refractivity contribution in [1.82, 2.24) is 10.2 Å². The Bertz CT molecular complexity index is 411. The maximum absolute atomic E-state index is 5.67. The van der Waals surface area contributed by atoms with Crippen LogP contribution in [0.1, 0.15) is 32.2 Å². The molecule has 1 fully saturated rings. The lowest BCUT2D eigenvalue weighted by Gasteiger charge is -2.15. The zero-order chi connectivity index (χ0) is 13.2. The van der Waals surface area contributed by atoms with Crippen LogP contribution >= 0.6 is 11.3 Å². The molecule has 1 aromatic rings. The molecule has 1 atom stereocenters. The summed E-state index contributed by atoms with van der Waals surface area (Å²) in [6.07, 6.45) is 3.15. The van der Waals surface area contributed by atoms with Crippen molar-refractivity contribution in [2.24, 2.45) is 0 Å². The Kier molecular flexibility index (Phi) is 4.02.